The van der Waals surface area contributed by atoms with E-state index in [1.165, 1.54) is 19.4 Å². The maximum atomic E-state index is 5.43. The van der Waals surface area contributed by atoms with Crippen molar-refractivity contribution in [3.8, 4) is 0 Å². The average molecular weight is 183 g/mol. The molecule has 0 aromatic rings. The van der Waals surface area contributed by atoms with Crippen LogP contribution in [0.3, 0.4) is 0 Å². The van der Waals surface area contributed by atoms with Gasteiger partial charge in [-0.05, 0) is 38.6 Å². The molecule has 0 saturated carbocycles. The van der Waals surface area contributed by atoms with Crippen LogP contribution in [0.1, 0.15) is 32.1 Å². The molecule has 0 aliphatic carbocycles. The van der Waals surface area contributed by atoms with Crippen molar-refractivity contribution < 1.29 is 4.74 Å². The zero-order valence-electron chi connectivity index (χ0n) is 8.59. The molecule has 2 nitrogen and oxygen atoms in total. The molecule has 0 radical (unpaired) electrons. The Labute approximate surface area is 81.4 Å². The summed E-state index contributed by atoms with van der Waals surface area (Å²) in [5, 5.41) is 3.49. The van der Waals surface area contributed by atoms with Crippen molar-refractivity contribution in [3.05, 3.63) is 12.7 Å². The van der Waals surface area contributed by atoms with Gasteiger partial charge in [-0.15, -0.1) is 6.58 Å². The zero-order valence-corrected chi connectivity index (χ0v) is 8.59. The summed E-state index contributed by atoms with van der Waals surface area (Å²) in [5.74, 6) is 0. The van der Waals surface area contributed by atoms with E-state index in [1.54, 1.807) is 0 Å². The number of nitrogens with one attached hydrogen (secondary N) is 1. The molecule has 0 aromatic heterocycles. The van der Waals surface area contributed by atoms with Crippen molar-refractivity contribution in [2.24, 2.45) is 0 Å². The molecule has 1 rings (SSSR count). The second kappa shape index (κ2) is 6.17. The summed E-state index contributed by atoms with van der Waals surface area (Å²) < 4.78 is 5.43. The van der Waals surface area contributed by atoms with Crippen LogP contribution in [-0.4, -0.2) is 25.8 Å². The lowest BCUT2D eigenvalue weighted by molar-refractivity contribution is 0.0811. The first-order chi connectivity index (χ1) is 6.36. The van der Waals surface area contributed by atoms with E-state index in [4.69, 9.17) is 4.74 Å². The van der Waals surface area contributed by atoms with Crippen molar-refractivity contribution in [2.75, 3.05) is 13.7 Å². The molecular formula is C11H21NO. The fraction of sp³-hybridized carbons (Fsp3) is 0.818. The number of rotatable bonds is 6. The van der Waals surface area contributed by atoms with Crippen LogP contribution in [0.15, 0.2) is 12.7 Å². The number of allylic oxidation sites excluding steroid dienone is 1. The minimum absolute atomic E-state index is 0.411. The minimum atomic E-state index is 0.411. The summed E-state index contributed by atoms with van der Waals surface area (Å²) in [6.45, 7) is 4.91. The second-order valence-corrected chi connectivity index (χ2v) is 3.75. The lowest BCUT2D eigenvalue weighted by Gasteiger charge is -2.18. The van der Waals surface area contributed by atoms with E-state index in [9.17, 15) is 0 Å². The van der Waals surface area contributed by atoms with Crippen molar-refractivity contribution in [1.82, 2.24) is 5.32 Å². The minimum Gasteiger partial charge on any atom is -0.381 e. The summed E-state index contributed by atoms with van der Waals surface area (Å²) >= 11 is 0. The van der Waals surface area contributed by atoms with Gasteiger partial charge in [0.25, 0.3) is 0 Å². The van der Waals surface area contributed by atoms with Crippen molar-refractivity contribution >= 4 is 0 Å². The molecule has 76 valence electrons. The average Bonchev–Trinajstić information content (AvgIpc) is 2.64. The zero-order chi connectivity index (χ0) is 9.52. The van der Waals surface area contributed by atoms with Crippen LogP contribution >= 0.6 is 0 Å². The van der Waals surface area contributed by atoms with E-state index < -0.39 is 0 Å². The van der Waals surface area contributed by atoms with Gasteiger partial charge in [-0.3, -0.25) is 0 Å². The molecule has 13 heavy (non-hydrogen) atoms. The first-order valence-electron chi connectivity index (χ1n) is 5.24. The smallest absolute Gasteiger partial charge is 0.0589 e. The normalized spacial score (nSPS) is 24.5. The topological polar surface area (TPSA) is 21.3 Å². The van der Waals surface area contributed by atoms with Gasteiger partial charge in [-0.25, -0.2) is 0 Å². The van der Waals surface area contributed by atoms with Gasteiger partial charge < -0.3 is 10.1 Å². The van der Waals surface area contributed by atoms with E-state index in [0.717, 1.165) is 19.3 Å². The number of methoxy groups -OCH3 is 1. The summed E-state index contributed by atoms with van der Waals surface area (Å²) in [5.41, 5.74) is 0. The van der Waals surface area contributed by atoms with Gasteiger partial charge in [0.1, 0.15) is 0 Å². The Bertz CT molecular complexity index is 141. The lowest BCUT2D eigenvalue weighted by atomic mass is 10.0. The molecule has 0 spiro atoms. The number of hydrogen-bond donors (Lipinski definition) is 1. The summed E-state index contributed by atoms with van der Waals surface area (Å²) in [7, 11) is 1.81. The SMILES string of the molecule is C=CCCC(CC1CCCN1)OC. The predicted octanol–water partition coefficient (Wildman–Crippen LogP) is 2.11. The highest BCUT2D eigenvalue weighted by atomic mass is 16.5. The Kier molecular flexibility index (Phi) is 5.09. The predicted molar refractivity (Wildman–Crippen MR) is 55.9 cm³/mol. The molecule has 2 heteroatoms. The van der Waals surface area contributed by atoms with Crippen LogP contribution in [0.5, 0.6) is 0 Å². The molecule has 2 unspecified atom stereocenters. The van der Waals surface area contributed by atoms with Crippen molar-refractivity contribution in [1.29, 1.82) is 0 Å². The number of hydrogen-bond acceptors (Lipinski definition) is 2. The maximum Gasteiger partial charge on any atom is 0.0589 e. The molecular weight excluding hydrogens is 162 g/mol. The van der Waals surface area contributed by atoms with Gasteiger partial charge in [-0.2, -0.15) is 0 Å². The van der Waals surface area contributed by atoms with Gasteiger partial charge in [0.15, 0.2) is 0 Å². The molecule has 1 aliphatic heterocycles. The third-order valence-electron chi connectivity index (χ3n) is 2.74. The second-order valence-electron chi connectivity index (χ2n) is 3.75. The fourth-order valence-electron chi connectivity index (χ4n) is 1.91. The molecule has 1 N–H and O–H groups in total. The van der Waals surface area contributed by atoms with Gasteiger partial charge in [0.2, 0.25) is 0 Å². The highest BCUT2D eigenvalue weighted by molar-refractivity contribution is 4.79. The van der Waals surface area contributed by atoms with Crippen LogP contribution in [0.4, 0.5) is 0 Å². The highest BCUT2D eigenvalue weighted by Gasteiger charge is 2.18. The lowest BCUT2D eigenvalue weighted by Crippen LogP contribution is -2.27. The fourth-order valence-corrected chi connectivity index (χ4v) is 1.91. The summed E-state index contributed by atoms with van der Waals surface area (Å²) in [4.78, 5) is 0. The van der Waals surface area contributed by atoms with Crippen molar-refractivity contribution in [2.45, 2.75) is 44.2 Å². The van der Waals surface area contributed by atoms with Crippen molar-refractivity contribution in [3.63, 3.8) is 0 Å². The largest absolute Gasteiger partial charge is 0.381 e. The molecule has 1 saturated heterocycles. The third-order valence-corrected chi connectivity index (χ3v) is 2.74. The highest BCUT2D eigenvalue weighted by Crippen LogP contribution is 2.15. The van der Waals surface area contributed by atoms with Gasteiger partial charge in [-0.1, -0.05) is 6.08 Å². The maximum absolute atomic E-state index is 5.43. The van der Waals surface area contributed by atoms with Crippen LogP contribution in [-0.2, 0) is 4.74 Å². The molecule has 2 atom stereocenters. The van der Waals surface area contributed by atoms with E-state index in [-0.39, 0.29) is 0 Å². The molecule has 0 amide bonds. The third kappa shape index (κ3) is 3.92. The molecule has 1 aliphatic rings. The Balaban J connectivity index is 2.17. The molecule has 0 aromatic carbocycles. The van der Waals surface area contributed by atoms with Gasteiger partial charge in [0, 0.05) is 13.2 Å². The van der Waals surface area contributed by atoms with Crippen LogP contribution < -0.4 is 5.32 Å². The van der Waals surface area contributed by atoms with E-state index in [2.05, 4.69) is 11.9 Å². The van der Waals surface area contributed by atoms with Crippen LogP contribution in [0.2, 0.25) is 0 Å². The Morgan fingerprint density at radius 1 is 1.69 bits per heavy atom. The van der Waals surface area contributed by atoms with E-state index in [0.29, 0.717) is 12.1 Å². The first kappa shape index (κ1) is 10.7. The Morgan fingerprint density at radius 3 is 3.08 bits per heavy atom. The summed E-state index contributed by atoms with van der Waals surface area (Å²) in [6, 6.07) is 0.690. The first-order valence-corrected chi connectivity index (χ1v) is 5.24. The molecule has 1 heterocycles. The molecule has 1 fully saturated rings. The Morgan fingerprint density at radius 2 is 2.54 bits per heavy atom. The van der Waals surface area contributed by atoms with Gasteiger partial charge in [0.05, 0.1) is 6.10 Å². The van der Waals surface area contributed by atoms with Crippen LogP contribution in [0, 0.1) is 0 Å². The number of ether oxygens (including phenoxy) is 1. The van der Waals surface area contributed by atoms with Gasteiger partial charge >= 0.3 is 0 Å². The quantitative estimate of drug-likeness (QED) is 0.637. The van der Waals surface area contributed by atoms with Crippen LogP contribution in [0.25, 0.3) is 0 Å². The van der Waals surface area contributed by atoms with E-state index in [1.807, 2.05) is 13.2 Å². The summed E-state index contributed by atoms with van der Waals surface area (Å²) in [6.07, 6.45) is 8.34. The Hall–Kier alpha value is -0.340. The molecule has 0 bridgehead atoms. The van der Waals surface area contributed by atoms with E-state index >= 15 is 0 Å². The standard InChI is InChI=1S/C11H21NO/c1-3-4-7-11(13-2)9-10-6-5-8-12-10/h3,10-12H,1,4-9H2,2H3. The monoisotopic (exact) mass is 183 g/mol.